The van der Waals surface area contributed by atoms with Gasteiger partial charge >= 0.3 is 0 Å². The highest BCUT2D eigenvalue weighted by Crippen LogP contribution is 2.35. The Morgan fingerprint density at radius 3 is 1.87 bits per heavy atom. The summed E-state index contributed by atoms with van der Waals surface area (Å²) in [5.41, 5.74) is 10.6. The highest BCUT2D eigenvalue weighted by molar-refractivity contribution is 5.87. The molecule has 0 radical (unpaired) electrons. The average Bonchev–Trinajstić information content (AvgIpc) is 2.95. The van der Waals surface area contributed by atoms with E-state index in [1.54, 1.807) is 0 Å². The van der Waals surface area contributed by atoms with Gasteiger partial charge in [-0.05, 0) is 35.1 Å². The molecule has 0 saturated heterocycles. The van der Waals surface area contributed by atoms with E-state index in [2.05, 4.69) is 36.4 Å². The molecule has 0 unspecified atom stereocenters. The summed E-state index contributed by atoms with van der Waals surface area (Å²) in [6, 6.07) is 16.8. The third-order valence-electron chi connectivity index (χ3n) is 5.26. The molecule has 1 heterocycles. The lowest BCUT2D eigenvalue weighted by atomic mass is 9.96. The standard InChI is InChI=1S/C20H22N2O/c21-20(11-5-6-12-20)19(23)22-13-15-7-1-3-9-17(15)18-10-4-2-8-16(18)14-22/h1-4,7-10H,5-6,11-14,21H2. The molecule has 0 spiro atoms. The van der Waals surface area contributed by atoms with Gasteiger partial charge in [0.05, 0.1) is 5.54 Å². The molecule has 1 amide bonds. The van der Waals surface area contributed by atoms with Crippen molar-refractivity contribution < 1.29 is 4.79 Å². The lowest BCUT2D eigenvalue weighted by Crippen LogP contribution is -2.52. The summed E-state index contributed by atoms with van der Waals surface area (Å²) in [6.45, 7) is 1.28. The van der Waals surface area contributed by atoms with Crippen molar-refractivity contribution in [2.45, 2.75) is 44.3 Å². The van der Waals surface area contributed by atoms with E-state index in [0.717, 1.165) is 25.7 Å². The molecular weight excluding hydrogens is 284 g/mol. The summed E-state index contributed by atoms with van der Waals surface area (Å²) in [6.07, 6.45) is 3.74. The summed E-state index contributed by atoms with van der Waals surface area (Å²) < 4.78 is 0. The Hall–Kier alpha value is -2.13. The predicted octanol–water partition coefficient (Wildman–Crippen LogP) is 3.47. The number of amides is 1. The van der Waals surface area contributed by atoms with Crippen LogP contribution in [0.2, 0.25) is 0 Å². The van der Waals surface area contributed by atoms with Crippen molar-refractivity contribution in [1.82, 2.24) is 4.90 Å². The van der Waals surface area contributed by atoms with E-state index in [4.69, 9.17) is 5.73 Å². The van der Waals surface area contributed by atoms with Crippen molar-refractivity contribution in [1.29, 1.82) is 0 Å². The van der Waals surface area contributed by atoms with Crippen LogP contribution in [0.4, 0.5) is 0 Å². The molecule has 1 aliphatic carbocycles. The van der Waals surface area contributed by atoms with E-state index >= 15 is 0 Å². The van der Waals surface area contributed by atoms with Gasteiger partial charge in [-0.1, -0.05) is 61.4 Å². The van der Waals surface area contributed by atoms with Crippen molar-refractivity contribution in [3.05, 3.63) is 59.7 Å². The van der Waals surface area contributed by atoms with Gasteiger partial charge in [-0.15, -0.1) is 0 Å². The van der Waals surface area contributed by atoms with Crippen LogP contribution >= 0.6 is 0 Å². The van der Waals surface area contributed by atoms with Crippen LogP contribution in [-0.2, 0) is 17.9 Å². The van der Waals surface area contributed by atoms with Crippen LogP contribution in [0.15, 0.2) is 48.5 Å². The molecule has 2 aromatic carbocycles. The Labute approximate surface area is 137 Å². The number of nitrogens with zero attached hydrogens (tertiary/aromatic N) is 1. The first-order valence-corrected chi connectivity index (χ1v) is 8.42. The molecule has 3 nitrogen and oxygen atoms in total. The molecular formula is C20H22N2O. The van der Waals surface area contributed by atoms with Crippen LogP contribution in [0, 0.1) is 0 Å². The predicted molar refractivity (Wildman–Crippen MR) is 91.5 cm³/mol. The maximum atomic E-state index is 13.1. The average molecular weight is 306 g/mol. The van der Waals surface area contributed by atoms with Crippen molar-refractivity contribution >= 4 is 5.91 Å². The van der Waals surface area contributed by atoms with Crippen molar-refractivity contribution in [3.63, 3.8) is 0 Å². The topological polar surface area (TPSA) is 46.3 Å². The van der Waals surface area contributed by atoms with E-state index in [-0.39, 0.29) is 5.91 Å². The minimum absolute atomic E-state index is 0.113. The highest BCUT2D eigenvalue weighted by Gasteiger charge is 2.40. The molecule has 2 N–H and O–H groups in total. The number of rotatable bonds is 1. The van der Waals surface area contributed by atoms with Crippen LogP contribution in [0.5, 0.6) is 0 Å². The summed E-state index contributed by atoms with van der Waals surface area (Å²) >= 11 is 0. The Morgan fingerprint density at radius 2 is 1.35 bits per heavy atom. The first-order chi connectivity index (χ1) is 11.2. The number of carbonyl (C=O) groups excluding carboxylic acids is 1. The number of carbonyl (C=O) groups is 1. The zero-order valence-electron chi connectivity index (χ0n) is 13.3. The van der Waals surface area contributed by atoms with Gasteiger partial charge in [0.15, 0.2) is 0 Å². The van der Waals surface area contributed by atoms with Gasteiger partial charge < -0.3 is 10.6 Å². The Bertz CT molecular complexity index is 699. The zero-order chi connectivity index (χ0) is 15.9. The summed E-state index contributed by atoms with van der Waals surface area (Å²) in [7, 11) is 0. The van der Waals surface area contributed by atoms with E-state index in [1.807, 2.05) is 17.0 Å². The van der Waals surface area contributed by atoms with Gasteiger partial charge in [0.2, 0.25) is 5.91 Å². The second-order valence-electron chi connectivity index (χ2n) is 6.84. The highest BCUT2D eigenvalue weighted by atomic mass is 16.2. The number of fused-ring (bicyclic) bond motifs is 3. The second-order valence-corrected chi connectivity index (χ2v) is 6.84. The third-order valence-corrected chi connectivity index (χ3v) is 5.26. The lowest BCUT2D eigenvalue weighted by molar-refractivity contribution is -0.138. The van der Waals surface area contributed by atoms with Crippen LogP contribution in [-0.4, -0.2) is 16.3 Å². The Morgan fingerprint density at radius 1 is 0.870 bits per heavy atom. The molecule has 3 heteroatoms. The summed E-state index contributed by atoms with van der Waals surface area (Å²) in [5, 5.41) is 0. The Kier molecular flexibility index (Phi) is 3.46. The summed E-state index contributed by atoms with van der Waals surface area (Å²) in [4.78, 5) is 15.0. The molecule has 2 aliphatic rings. The van der Waals surface area contributed by atoms with Crippen molar-refractivity contribution in [2.75, 3.05) is 0 Å². The number of hydrogen-bond donors (Lipinski definition) is 1. The second kappa shape index (κ2) is 5.50. The fourth-order valence-electron chi connectivity index (χ4n) is 3.99. The normalized spacial score (nSPS) is 18.9. The fraction of sp³-hybridized carbons (Fsp3) is 0.350. The van der Waals surface area contributed by atoms with Crippen LogP contribution in [0.1, 0.15) is 36.8 Å². The largest absolute Gasteiger partial charge is 0.332 e. The van der Waals surface area contributed by atoms with Gasteiger partial charge in [-0.3, -0.25) is 4.79 Å². The van der Waals surface area contributed by atoms with Gasteiger partial charge in [0.1, 0.15) is 0 Å². The van der Waals surface area contributed by atoms with Gasteiger partial charge in [0.25, 0.3) is 0 Å². The number of hydrogen-bond acceptors (Lipinski definition) is 2. The Balaban J connectivity index is 1.77. The van der Waals surface area contributed by atoms with Crippen LogP contribution in [0.3, 0.4) is 0 Å². The van der Waals surface area contributed by atoms with Gasteiger partial charge in [-0.2, -0.15) is 0 Å². The minimum atomic E-state index is -0.659. The molecule has 118 valence electrons. The SMILES string of the molecule is NC1(C(=O)N2Cc3ccccc3-c3ccccc3C2)CCCC1. The first-order valence-electron chi connectivity index (χ1n) is 8.42. The third kappa shape index (κ3) is 2.45. The fourth-order valence-corrected chi connectivity index (χ4v) is 3.99. The van der Waals surface area contributed by atoms with E-state index in [0.29, 0.717) is 13.1 Å². The van der Waals surface area contributed by atoms with Crippen LogP contribution in [0.25, 0.3) is 11.1 Å². The van der Waals surface area contributed by atoms with E-state index in [9.17, 15) is 4.79 Å². The molecule has 23 heavy (non-hydrogen) atoms. The number of nitrogens with two attached hydrogens (primary N) is 1. The smallest absolute Gasteiger partial charge is 0.243 e. The molecule has 1 fully saturated rings. The maximum absolute atomic E-state index is 13.1. The number of benzene rings is 2. The molecule has 1 aliphatic heterocycles. The van der Waals surface area contributed by atoms with E-state index < -0.39 is 5.54 Å². The zero-order valence-corrected chi connectivity index (χ0v) is 13.3. The van der Waals surface area contributed by atoms with Crippen molar-refractivity contribution in [2.24, 2.45) is 5.73 Å². The first kappa shape index (κ1) is 14.5. The van der Waals surface area contributed by atoms with Crippen LogP contribution < -0.4 is 5.73 Å². The molecule has 0 atom stereocenters. The van der Waals surface area contributed by atoms with Gasteiger partial charge in [-0.25, -0.2) is 0 Å². The maximum Gasteiger partial charge on any atom is 0.243 e. The molecule has 4 rings (SSSR count). The molecule has 2 aromatic rings. The molecule has 0 aromatic heterocycles. The van der Waals surface area contributed by atoms with Crippen molar-refractivity contribution in [3.8, 4) is 11.1 Å². The lowest BCUT2D eigenvalue weighted by Gasteiger charge is -2.31. The van der Waals surface area contributed by atoms with E-state index in [1.165, 1.54) is 22.3 Å². The molecule has 0 bridgehead atoms. The van der Waals surface area contributed by atoms with Gasteiger partial charge in [0, 0.05) is 13.1 Å². The quantitative estimate of drug-likeness (QED) is 0.877. The molecule has 1 saturated carbocycles. The monoisotopic (exact) mass is 306 g/mol. The summed E-state index contributed by atoms with van der Waals surface area (Å²) in [5.74, 6) is 0.113. The minimum Gasteiger partial charge on any atom is -0.332 e.